The Labute approximate surface area is 96.4 Å². The highest BCUT2D eigenvalue weighted by Gasteiger charge is 2.16. The molecule has 0 atom stereocenters. The van der Waals surface area contributed by atoms with Crippen molar-refractivity contribution in [3.05, 3.63) is 18.5 Å². The molecule has 2 heterocycles. The first-order valence-electron chi connectivity index (χ1n) is 5.77. The van der Waals surface area contributed by atoms with Crippen molar-refractivity contribution >= 4 is 17.7 Å². The maximum Gasteiger partial charge on any atom is 0.141 e. The molecule has 0 bridgehead atoms. The van der Waals surface area contributed by atoms with Gasteiger partial charge in [-0.2, -0.15) is 0 Å². The van der Waals surface area contributed by atoms with E-state index < -0.39 is 0 Å². The molecule has 2 rings (SSSR count). The summed E-state index contributed by atoms with van der Waals surface area (Å²) in [5, 5.41) is 3.08. The number of nitrogens with one attached hydrogen (secondary N) is 1. The molecule has 1 fully saturated rings. The Morgan fingerprint density at radius 1 is 1.31 bits per heavy atom. The molecule has 1 aromatic heterocycles. The van der Waals surface area contributed by atoms with E-state index in [0.717, 1.165) is 30.3 Å². The van der Waals surface area contributed by atoms with Crippen LogP contribution in [0, 0.1) is 0 Å². The molecular weight excluding hydrogens is 200 g/mol. The van der Waals surface area contributed by atoms with Crippen LogP contribution in [0.15, 0.2) is 12.9 Å². The molecule has 0 radical (unpaired) electrons. The minimum Gasteiger partial charge on any atom is -0.372 e. The quantitative estimate of drug-likeness (QED) is 0.844. The Morgan fingerprint density at radius 2 is 2.06 bits per heavy atom. The van der Waals surface area contributed by atoms with Gasteiger partial charge in [0.1, 0.15) is 18.0 Å². The van der Waals surface area contributed by atoms with Crippen molar-refractivity contribution < 1.29 is 0 Å². The van der Waals surface area contributed by atoms with Crippen LogP contribution in [-0.2, 0) is 0 Å². The monoisotopic (exact) mass is 218 g/mol. The third-order valence-corrected chi connectivity index (χ3v) is 2.96. The van der Waals surface area contributed by atoms with E-state index in [1.807, 2.05) is 13.1 Å². The first kappa shape index (κ1) is 10.9. The number of aromatic nitrogens is 2. The number of hydrogen-bond donors (Lipinski definition) is 1. The molecule has 4 heteroatoms. The predicted octanol–water partition coefficient (Wildman–Crippen LogP) is 2.15. The van der Waals surface area contributed by atoms with Gasteiger partial charge in [0.25, 0.3) is 0 Å². The standard InChI is InChI=1S/C12H18N4/c1-3-10-11(13-2)14-9-15-12(10)16-7-5-4-6-8-16/h3,9H,1,4-8H2,2H3,(H,13,14,15). The number of rotatable bonds is 3. The highest BCUT2D eigenvalue weighted by atomic mass is 15.2. The van der Waals surface area contributed by atoms with Crippen LogP contribution in [0.5, 0.6) is 0 Å². The van der Waals surface area contributed by atoms with E-state index in [-0.39, 0.29) is 0 Å². The summed E-state index contributed by atoms with van der Waals surface area (Å²) in [4.78, 5) is 10.9. The average molecular weight is 218 g/mol. The lowest BCUT2D eigenvalue weighted by Crippen LogP contribution is -2.31. The van der Waals surface area contributed by atoms with Gasteiger partial charge < -0.3 is 10.2 Å². The Morgan fingerprint density at radius 3 is 2.69 bits per heavy atom. The number of piperidine rings is 1. The summed E-state index contributed by atoms with van der Waals surface area (Å²) in [6, 6.07) is 0. The lowest BCUT2D eigenvalue weighted by molar-refractivity contribution is 0.573. The van der Waals surface area contributed by atoms with Crippen LogP contribution in [0.4, 0.5) is 11.6 Å². The molecule has 16 heavy (non-hydrogen) atoms. The van der Waals surface area contributed by atoms with Crippen molar-refractivity contribution in [1.82, 2.24) is 9.97 Å². The van der Waals surface area contributed by atoms with E-state index in [2.05, 4.69) is 26.8 Å². The molecule has 0 aliphatic carbocycles. The Balaban J connectivity index is 2.34. The van der Waals surface area contributed by atoms with Crippen LogP contribution in [0.1, 0.15) is 24.8 Å². The van der Waals surface area contributed by atoms with Gasteiger partial charge in [-0.15, -0.1) is 0 Å². The van der Waals surface area contributed by atoms with Crippen molar-refractivity contribution in [3.63, 3.8) is 0 Å². The predicted molar refractivity (Wildman–Crippen MR) is 67.7 cm³/mol. The molecular formula is C12H18N4. The van der Waals surface area contributed by atoms with Crippen molar-refractivity contribution in [1.29, 1.82) is 0 Å². The summed E-state index contributed by atoms with van der Waals surface area (Å²) in [7, 11) is 1.87. The second-order valence-corrected chi connectivity index (χ2v) is 3.96. The fourth-order valence-corrected chi connectivity index (χ4v) is 2.13. The normalized spacial score (nSPS) is 15.9. The molecule has 1 aromatic rings. The summed E-state index contributed by atoms with van der Waals surface area (Å²) in [6.07, 6.45) is 7.26. The lowest BCUT2D eigenvalue weighted by Gasteiger charge is -2.29. The molecule has 86 valence electrons. The topological polar surface area (TPSA) is 41.1 Å². The zero-order valence-corrected chi connectivity index (χ0v) is 9.74. The van der Waals surface area contributed by atoms with Crippen LogP contribution in [-0.4, -0.2) is 30.1 Å². The van der Waals surface area contributed by atoms with Gasteiger partial charge in [-0.3, -0.25) is 0 Å². The van der Waals surface area contributed by atoms with Crippen molar-refractivity contribution in [2.75, 3.05) is 30.4 Å². The van der Waals surface area contributed by atoms with E-state index >= 15 is 0 Å². The molecule has 4 nitrogen and oxygen atoms in total. The summed E-state index contributed by atoms with van der Waals surface area (Å²) in [5.41, 5.74) is 1.01. The van der Waals surface area contributed by atoms with Crippen LogP contribution >= 0.6 is 0 Å². The molecule has 1 N–H and O–H groups in total. The molecule has 0 unspecified atom stereocenters. The summed E-state index contributed by atoms with van der Waals surface area (Å²) in [5.74, 6) is 1.86. The Bertz CT molecular complexity index is 369. The van der Waals surface area contributed by atoms with E-state index in [0.29, 0.717) is 0 Å². The summed E-state index contributed by atoms with van der Waals surface area (Å²) < 4.78 is 0. The van der Waals surface area contributed by atoms with Crippen molar-refractivity contribution in [3.8, 4) is 0 Å². The largest absolute Gasteiger partial charge is 0.372 e. The van der Waals surface area contributed by atoms with E-state index in [9.17, 15) is 0 Å². The van der Waals surface area contributed by atoms with Gasteiger partial charge in [-0.25, -0.2) is 9.97 Å². The maximum atomic E-state index is 4.39. The van der Waals surface area contributed by atoms with Gasteiger partial charge in [-0.05, 0) is 19.3 Å². The molecule has 0 amide bonds. The minimum atomic E-state index is 0.852. The van der Waals surface area contributed by atoms with Gasteiger partial charge in [0.15, 0.2) is 0 Å². The average Bonchev–Trinajstić information content (AvgIpc) is 2.38. The summed E-state index contributed by atoms with van der Waals surface area (Å²) in [6.45, 7) is 6.02. The smallest absolute Gasteiger partial charge is 0.141 e. The molecule has 1 aliphatic heterocycles. The fraction of sp³-hybridized carbons (Fsp3) is 0.500. The second-order valence-electron chi connectivity index (χ2n) is 3.96. The first-order valence-corrected chi connectivity index (χ1v) is 5.77. The SMILES string of the molecule is C=Cc1c(NC)ncnc1N1CCCCC1. The molecule has 1 aliphatic rings. The van der Waals surface area contributed by atoms with Gasteiger partial charge in [0, 0.05) is 20.1 Å². The highest BCUT2D eigenvalue weighted by molar-refractivity contribution is 5.72. The van der Waals surface area contributed by atoms with Crippen molar-refractivity contribution in [2.24, 2.45) is 0 Å². The Kier molecular flexibility index (Phi) is 3.39. The van der Waals surface area contributed by atoms with Crippen LogP contribution in [0.2, 0.25) is 0 Å². The van der Waals surface area contributed by atoms with Crippen LogP contribution < -0.4 is 10.2 Å². The van der Waals surface area contributed by atoms with Gasteiger partial charge in [-0.1, -0.05) is 12.7 Å². The van der Waals surface area contributed by atoms with Gasteiger partial charge in [0.05, 0.1) is 5.56 Å². The summed E-state index contributed by atoms with van der Waals surface area (Å²) >= 11 is 0. The molecule has 0 saturated carbocycles. The van der Waals surface area contributed by atoms with Gasteiger partial charge in [0.2, 0.25) is 0 Å². The van der Waals surface area contributed by atoms with Crippen LogP contribution in [0.25, 0.3) is 6.08 Å². The third-order valence-electron chi connectivity index (χ3n) is 2.96. The zero-order valence-electron chi connectivity index (χ0n) is 9.74. The highest BCUT2D eigenvalue weighted by Crippen LogP contribution is 2.26. The Hall–Kier alpha value is -1.58. The molecule has 0 aromatic carbocycles. The second kappa shape index (κ2) is 4.96. The maximum absolute atomic E-state index is 4.39. The number of nitrogens with zero attached hydrogens (tertiary/aromatic N) is 3. The zero-order chi connectivity index (χ0) is 11.4. The number of hydrogen-bond acceptors (Lipinski definition) is 4. The van der Waals surface area contributed by atoms with Crippen LogP contribution in [0.3, 0.4) is 0 Å². The van der Waals surface area contributed by atoms with E-state index in [1.54, 1.807) is 6.33 Å². The number of anilines is 2. The van der Waals surface area contributed by atoms with E-state index in [1.165, 1.54) is 19.3 Å². The fourth-order valence-electron chi connectivity index (χ4n) is 2.13. The molecule has 1 saturated heterocycles. The molecule has 0 spiro atoms. The van der Waals surface area contributed by atoms with Crippen molar-refractivity contribution in [2.45, 2.75) is 19.3 Å². The first-order chi connectivity index (χ1) is 7.86. The minimum absolute atomic E-state index is 0.852. The third kappa shape index (κ3) is 2.01. The lowest BCUT2D eigenvalue weighted by atomic mass is 10.1. The van der Waals surface area contributed by atoms with E-state index in [4.69, 9.17) is 0 Å². The van der Waals surface area contributed by atoms with Gasteiger partial charge >= 0.3 is 0 Å².